The molecule has 1 fully saturated rings. The normalized spacial score (nSPS) is 32.2. The number of halogens is 1. The molecule has 0 aromatic rings. The van der Waals surface area contributed by atoms with Gasteiger partial charge in [-0.25, -0.2) is 0 Å². The van der Waals surface area contributed by atoms with E-state index in [1.807, 2.05) is 0 Å². The summed E-state index contributed by atoms with van der Waals surface area (Å²) in [5, 5.41) is -0.518. The lowest BCUT2D eigenvalue weighted by molar-refractivity contribution is -0.163. The van der Waals surface area contributed by atoms with Crippen LogP contribution in [0.15, 0.2) is 0 Å². The Morgan fingerprint density at radius 1 is 1.18 bits per heavy atom. The molecule has 4 atom stereocenters. The second kappa shape index (κ2) is 6.32. The number of hydrogen-bond acceptors (Lipinski definition) is 6. The molecule has 0 aromatic heterocycles. The summed E-state index contributed by atoms with van der Waals surface area (Å²) in [5.74, 6) is -0.920. The van der Waals surface area contributed by atoms with Crippen LogP contribution < -0.4 is 0 Å². The molecule has 0 saturated carbocycles. The summed E-state index contributed by atoms with van der Waals surface area (Å²) in [6.45, 7) is 2.82. The molecule has 1 saturated heterocycles. The maximum Gasteiger partial charge on any atom is 0.303 e. The predicted molar refractivity (Wildman–Crippen MR) is 60.6 cm³/mol. The zero-order valence-electron chi connectivity index (χ0n) is 9.84. The van der Waals surface area contributed by atoms with Gasteiger partial charge in [0.25, 0.3) is 0 Å². The fraction of sp³-hybridized carbons (Fsp3) is 0.800. The number of ether oxygens (including phenoxy) is 4. The molecule has 98 valence electrons. The van der Waals surface area contributed by atoms with Crippen molar-refractivity contribution >= 4 is 27.9 Å². The van der Waals surface area contributed by atoms with Crippen LogP contribution in [0.1, 0.15) is 13.8 Å². The summed E-state index contributed by atoms with van der Waals surface area (Å²) >= 11 is 3.23. The van der Waals surface area contributed by atoms with Crippen molar-refractivity contribution in [2.24, 2.45) is 0 Å². The Bertz CT molecular complexity index is 295. The quantitative estimate of drug-likeness (QED) is 0.560. The minimum Gasteiger partial charge on any atom is -0.456 e. The first-order valence-electron chi connectivity index (χ1n) is 5.08. The first kappa shape index (κ1) is 14.4. The Morgan fingerprint density at radius 3 is 2.18 bits per heavy atom. The molecule has 1 aliphatic heterocycles. The van der Waals surface area contributed by atoms with Gasteiger partial charge in [-0.15, -0.1) is 0 Å². The first-order valence-corrected chi connectivity index (χ1v) is 6.00. The summed E-state index contributed by atoms with van der Waals surface area (Å²) in [7, 11) is 1.51. The number of carbonyl (C=O) groups is 2. The van der Waals surface area contributed by atoms with Crippen LogP contribution in [0.2, 0.25) is 0 Å². The SMILES string of the molecule is COC[C@H]1OC(Br)[C@@H](OC(C)=O)[C@@H]1OC(C)=O. The van der Waals surface area contributed by atoms with Crippen molar-refractivity contribution in [2.75, 3.05) is 13.7 Å². The highest BCUT2D eigenvalue weighted by molar-refractivity contribution is 9.09. The van der Waals surface area contributed by atoms with E-state index in [2.05, 4.69) is 15.9 Å². The molecule has 0 N–H and O–H groups in total. The third kappa shape index (κ3) is 3.93. The van der Waals surface area contributed by atoms with Gasteiger partial charge in [-0.05, 0) is 0 Å². The maximum atomic E-state index is 11.0. The Kier molecular flexibility index (Phi) is 5.35. The minimum absolute atomic E-state index is 0.248. The van der Waals surface area contributed by atoms with Crippen LogP contribution in [0.3, 0.4) is 0 Å². The number of rotatable bonds is 4. The first-order chi connectivity index (χ1) is 7.95. The number of esters is 2. The van der Waals surface area contributed by atoms with Crippen LogP contribution in [0.5, 0.6) is 0 Å². The van der Waals surface area contributed by atoms with Gasteiger partial charge in [-0.1, -0.05) is 15.9 Å². The fourth-order valence-electron chi connectivity index (χ4n) is 1.63. The van der Waals surface area contributed by atoms with Crippen LogP contribution in [0.4, 0.5) is 0 Å². The monoisotopic (exact) mass is 310 g/mol. The Labute approximate surface area is 108 Å². The zero-order chi connectivity index (χ0) is 13.0. The topological polar surface area (TPSA) is 71.1 Å². The van der Waals surface area contributed by atoms with Gasteiger partial charge in [0.15, 0.2) is 17.2 Å². The molecule has 1 rings (SSSR count). The van der Waals surface area contributed by atoms with Crippen molar-refractivity contribution in [3.63, 3.8) is 0 Å². The summed E-state index contributed by atoms with van der Waals surface area (Å²) in [5.41, 5.74) is 0. The Hall–Kier alpha value is -0.660. The maximum absolute atomic E-state index is 11.0. The third-order valence-electron chi connectivity index (χ3n) is 2.19. The van der Waals surface area contributed by atoms with E-state index in [4.69, 9.17) is 18.9 Å². The molecule has 6 nitrogen and oxygen atoms in total. The summed E-state index contributed by atoms with van der Waals surface area (Å²) in [6.07, 6.45) is -1.80. The van der Waals surface area contributed by atoms with E-state index in [1.165, 1.54) is 21.0 Å². The van der Waals surface area contributed by atoms with Crippen LogP contribution in [0, 0.1) is 0 Å². The van der Waals surface area contributed by atoms with E-state index in [1.54, 1.807) is 0 Å². The smallest absolute Gasteiger partial charge is 0.303 e. The van der Waals surface area contributed by atoms with Crippen molar-refractivity contribution in [3.05, 3.63) is 0 Å². The van der Waals surface area contributed by atoms with Gasteiger partial charge in [0.2, 0.25) is 0 Å². The number of hydrogen-bond donors (Lipinski definition) is 0. The van der Waals surface area contributed by atoms with E-state index in [-0.39, 0.29) is 6.61 Å². The van der Waals surface area contributed by atoms with Gasteiger partial charge in [-0.2, -0.15) is 0 Å². The molecule has 0 amide bonds. The van der Waals surface area contributed by atoms with E-state index >= 15 is 0 Å². The van der Waals surface area contributed by atoms with Crippen LogP contribution in [-0.2, 0) is 28.5 Å². The number of carbonyl (C=O) groups excluding carboxylic acids is 2. The van der Waals surface area contributed by atoms with Gasteiger partial charge in [0.1, 0.15) is 6.10 Å². The van der Waals surface area contributed by atoms with E-state index < -0.39 is 35.3 Å². The second-order valence-corrected chi connectivity index (χ2v) is 4.53. The second-order valence-electron chi connectivity index (χ2n) is 3.63. The van der Waals surface area contributed by atoms with Crippen molar-refractivity contribution in [3.8, 4) is 0 Å². The summed E-state index contributed by atoms with van der Waals surface area (Å²) in [4.78, 5) is 22.0. The standard InChI is InChI=1S/C10H15BrO6/c1-5(12)15-8-7(4-14-3)17-10(11)9(8)16-6(2)13/h7-10H,4H2,1-3H3/t7-,8-,9+,10?/m1/s1. The van der Waals surface area contributed by atoms with Crippen molar-refractivity contribution < 1.29 is 28.5 Å². The van der Waals surface area contributed by atoms with Gasteiger partial charge in [0, 0.05) is 21.0 Å². The summed E-state index contributed by atoms with van der Waals surface area (Å²) < 4.78 is 20.6. The number of methoxy groups -OCH3 is 1. The van der Waals surface area contributed by atoms with Crippen molar-refractivity contribution in [1.29, 1.82) is 0 Å². The molecule has 0 bridgehead atoms. The molecular weight excluding hydrogens is 296 g/mol. The van der Waals surface area contributed by atoms with Gasteiger partial charge in [-0.3, -0.25) is 9.59 Å². The molecule has 0 aliphatic carbocycles. The highest BCUT2D eigenvalue weighted by Gasteiger charge is 2.47. The molecule has 7 heteroatoms. The Morgan fingerprint density at radius 2 is 1.71 bits per heavy atom. The molecule has 1 unspecified atom stereocenters. The Balaban J connectivity index is 2.76. The van der Waals surface area contributed by atoms with Crippen LogP contribution in [0.25, 0.3) is 0 Å². The van der Waals surface area contributed by atoms with E-state index in [0.29, 0.717) is 0 Å². The van der Waals surface area contributed by atoms with Gasteiger partial charge < -0.3 is 18.9 Å². The van der Waals surface area contributed by atoms with Crippen LogP contribution >= 0.6 is 15.9 Å². The molecule has 1 heterocycles. The average Bonchev–Trinajstić information content (AvgIpc) is 2.45. The van der Waals surface area contributed by atoms with Crippen LogP contribution in [-0.4, -0.2) is 49.0 Å². The lowest BCUT2D eigenvalue weighted by Gasteiger charge is -2.21. The predicted octanol–water partition coefficient (Wildman–Crippen LogP) is 0.616. The third-order valence-corrected chi connectivity index (χ3v) is 2.93. The molecule has 0 radical (unpaired) electrons. The molecule has 0 aromatic carbocycles. The van der Waals surface area contributed by atoms with Crippen molar-refractivity contribution in [1.82, 2.24) is 0 Å². The fourth-order valence-corrected chi connectivity index (χ4v) is 2.31. The van der Waals surface area contributed by atoms with Gasteiger partial charge >= 0.3 is 11.9 Å². The molecular formula is C10H15BrO6. The molecule has 0 spiro atoms. The van der Waals surface area contributed by atoms with Crippen molar-refractivity contribution in [2.45, 2.75) is 37.2 Å². The largest absolute Gasteiger partial charge is 0.456 e. The highest BCUT2D eigenvalue weighted by Crippen LogP contribution is 2.30. The summed E-state index contributed by atoms with van der Waals surface area (Å²) in [6, 6.07) is 0. The number of alkyl halides is 1. The average molecular weight is 311 g/mol. The lowest BCUT2D eigenvalue weighted by Crippen LogP contribution is -2.40. The lowest BCUT2D eigenvalue weighted by atomic mass is 10.1. The molecule has 17 heavy (non-hydrogen) atoms. The van der Waals surface area contributed by atoms with E-state index in [0.717, 1.165) is 0 Å². The minimum atomic E-state index is -0.670. The molecule has 1 aliphatic rings. The zero-order valence-corrected chi connectivity index (χ0v) is 11.4. The highest BCUT2D eigenvalue weighted by atomic mass is 79.9. The van der Waals surface area contributed by atoms with E-state index in [9.17, 15) is 9.59 Å². The van der Waals surface area contributed by atoms with Gasteiger partial charge in [0.05, 0.1) is 6.61 Å².